The first-order valence-corrected chi connectivity index (χ1v) is 13.7. The standard InChI is InChI=1S/C30H33FN6O2.H2/c1-20-16-21(8-11-25(20)30(38)34-23-9-10-23)26-19-33-37-27(32-12-15-36-13-3-2-4-14-36)18-28(35-29(26)37)39-24-7-5-6-22(31)17-24;/h5-8,11,16-19,23,32H,2-4,9-10,12-15H2,1H3,(H,34,38);1H. The second-order valence-corrected chi connectivity index (χ2v) is 10.4. The summed E-state index contributed by atoms with van der Waals surface area (Å²) < 4.78 is 21.6. The van der Waals surface area contributed by atoms with Gasteiger partial charge < -0.3 is 20.3 Å². The molecule has 1 aliphatic heterocycles. The van der Waals surface area contributed by atoms with Crippen molar-refractivity contribution in [2.75, 3.05) is 31.5 Å². The van der Waals surface area contributed by atoms with E-state index in [0.717, 1.165) is 61.5 Å². The summed E-state index contributed by atoms with van der Waals surface area (Å²) in [5, 5.41) is 11.2. The molecule has 9 heteroatoms. The molecule has 204 valence electrons. The lowest BCUT2D eigenvalue weighted by Gasteiger charge is -2.26. The van der Waals surface area contributed by atoms with Crippen LogP contribution < -0.4 is 15.4 Å². The largest absolute Gasteiger partial charge is 0.439 e. The van der Waals surface area contributed by atoms with Crippen molar-refractivity contribution in [3.8, 4) is 22.8 Å². The van der Waals surface area contributed by atoms with Crippen LogP contribution in [0.5, 0.6) is 11.6 Å². The Labute approximate surface area is 228 Å². The fourth-order valence-electron chi connectivity index (χ4n) is 5.08. The van der Waals surface area contributed by atoms with Crippen LogP contribution >= 0.6 is 0 Å². The summed E-state index contributed by atoms with van der Waals surface area (Å²) in [6.07, 6.45) is 7.67. The molecule has 8 nitrogen and oxygen atoms in total. The Morgan fingerprint density at radius 2 is 1.97 bits per heavy atom. The number of carbonyl (C=O) groups excluding carboxylic acids is 1. The zero-order chi connectivity index (χ0) is 26.8. The van der Waals surface area contributed by atoms with Crippen molar-refractivity contribution in [3.63, 3.8) is 0 Å². The molecular weight excluding hydrogens is 495 g/mol. The molecule has 0 radical (unpaired) electrons. The van der Waals surface area contributed by atoms with Crippen LogP contribution in [0.2, 0.25) is 0 Å². The van der Waals surface area contributed by atoms with E-state index in [2.05, 4.69) is 20.6 Å². The molecule has 0 spiro atoms. The molecular formula is C30H35FN6O2. The predicted octanol–water partition coefficient (Wildman–Crippen LogP) is 5.67. The molecule has 2 aromatic heterocycles. The highest BCUT2D eigenvalue weighted by atomic mass is 19.1. The predicted molar refractivity (Wildman–Crippen MR) is 151 cm³/mol. The number of nitrogens with zero attached hydrogens (tertiary/aromatic N) is 4. The number of hydrogen-bond acceptors (Lipinski definition) is 6. The van der Waals surface area contributed by atoms with Gasteiger partial charge in [0, 0.05) is 43.8 Å². The number of aryl methyl sites for hydroxylation is 1. The van der Waals surface area contributed by atoms with E-state index >= 15 is 0 Å². The lowest BCUT2D eigenvalue weighted by atomic mass is 10.0. The summed E-state index contributed by atoms with van der Waals surface area (Å²) in [7, 11) is 0. The van der Waals surface area contributed by atoms with Gasteiger partial charge in [0.1, 0.15) is 17.4 Å². The van der Waals surface area contributed by atoms with E-state index in [1.807, 2.05) is 25.1 Å². The average molecular weight is 531 g/mol. The minimum Gasteiger partial charge on any atom is -0.439 e. The molecule has 6 rings (SSSR count). The van der Waals surface area contributed by atoms with Crippen molar-refractivity contribution in [2.45, 2.75) is 45.1 Å². The highest BCUT2D eigenvalue weighted by molar-refractivity contribution is 5.97. The first kappa shape index (κ1) is 25.3. The van der Waals surface area contributed by atoms with Crippen LogP contribution in [0.25, 0.3) is 16.8 Å². The number of likely N-dealkylation sites (tertiary alicyclic amines) is 1. The highest BCUT2D eigenvalue weighted by Gasteiger charge is 2.24. The molecule has 0 atom stereocenters. The van der Waals surface area contributed by atoms with E-state index in [1.54, 1.807) is 28.9 Å². The first-order chi connectivity index (χ1) is 19.0. The second-order valence-electron chi connectivity index (χ2n) is 10.4. The Morgan fingerprint density at radius 1 is 1.13 bits per heavy atom. The fourth-order valence-corrected chi connectivity index (χ4v) is 5.08. The van der Waals surface area contributed by atoms with Gasteiger partial charge in [-0.2, -0.15) is 14.6 Å². The van der Waals surface area contributed by atoms with Crippen LogP contribution in [-0.2, 0) is 0 Å². The minimum absolute atomic E-state index is 0. The van der Waals surface area contributed by atoms with Crippen molar-refractivity contribution >= 4 is 17.4 Å². The maximum absolute atomic E-state index is 13.8. The molecule has 0 unspecified atom stereocenters. The third-order valence-corrected chi connectivity index (χ3v) is 7.34. The zero-order valence-electron chi connectivity index (χ0n) is 22.1. The molecule has 1 aliphatic carbocycles. The van der Waals surface area contributed by atoms with E-state index in [0.29, 0.717) is 28.9 Å². The van der Waals surface area contributed by atoms with Crippen LogP contribution in [0.1, 0.15) is 49.5 Å². The Kier molecular flexibility index (Phi) is 7.15. The third kappa shape index (κ3) is 5.88. The molecule has 2 fully saturated rings. The van der Waals surface area contributed by atoms with Crippen LogP contribution in [0.3, 0.4) is 0 Å². The minimum atomic E-state index is -0.375. The average Bonchev–Trinajstić information content (AvgIpc) is 3.64. The highest BCUT2D eigenvalue weighted by Crippen LogP contribution is 2.31. The second kappa shape index (κ2) is 11.0. The number of nitrogens with one attached hydrogen (secondary N) is 2. The normalized spacial score (nSPS) is 15.8. The van der Waals surface area contributed by atoms with Gasteiger partial charge in [0.2, 0.25) is 5.88 Å². The number of halogens is 1. The Hall–Kier alpha value is -3.98. The Bertz CT molecular complexity index is 1500. The van der Waals surface area contributed by atoms with Crippen LogP contribution in [-0.4, -0.2) is 57.6 Å². The Balaban J connectivity index is 0.00000323. The summed E-state index contributed by atoms with van der Waals surface area (Å²) in [6.45, 7) is 5.87. The van der Waals surface area contributed by atoms with Crippen molar-refractivity contribution in [1.82, 2.24) is 24.8 Å². The van der Waals surface area contributed by atoms with E-state index in [4.69, 9.17) is 9.72 Å². The van der Waals surface area contributed by atoms with Gasteiger partial charge in [0.05, 0.1) is 6.20 Å². The third-order valence-electron chi connectivity index (χ3n) is 7.34. The smallest absolute Gasteiger partial charge is 0.251 e. The number of aromatic nitrogens is 3. The van der Waals surface area contributed by atoms with Gasteiger partial charge in [-0.15, -0.1) is 0 Å². The van der Waals surface area contributed by atoms with Gasteiger partial charge in [-0.05, 0) is 75.0 Å². The van der Waals surface area contributed by atoms with Crippen LogP contribution in [0.4, 0.5) is 10.2 Å². The number of ether oxygens (including phenoxy) is 1. The molecule has 2 N–H and O–H groups in total. The van der Waals surface area contributed by atoms with Crippen molar-refractivity contribution in [3.05, 3.63) is 71.7 Å². The summed E-state index contributed by atoms with van der Waals surface area (Å²) in [5.41, 5.74) is 3.89. The summed E-state index contributed by atoms with van der Waals surface area (Å²) in [6, 6.07) is 13.9. The molecule has 1 saturated carbocycles. The summed E-state index contributed by atoms with van der Waals surface area (Å²) >= 11 is 0. The maximum Gasteiger partial charge on any atom is 0.251 e. The van der Waals surface area contributed by atoms with Gasteiger partial charge >= 0.3 is 0 Å². The maximum atomic E-state index is 13.8. The van der Waals surface area contributed by atoms with Gasteiger partial charge in [-0.1, -0.05) is 24.6 Å². The first-order valence-electron chi connectivity index (χ1n) is 13.7. The van der Waals surface area contributed by atoms with Crippen molar-refractivity contribution in [1.29, 1.82) is 0 Å². The lowest BCUT2D eigenvalue weighted by molar-refractivity contribution is 0.0950. The molecule has 2 aromatic carbocycles. The van der Waals surface area contributed by atoms with E-state index in [1.165, 1.54) is 31.4 Å². The summed E-state index contributed by atoms with van der Waals surface area (Å²) in [4.78, 5) is 19.9. The zero-order valence-corrected chi connectivity index (χ0v) is 22.1. The monoisotopic (exact) mass is 530 g/mol. The number of hydrogen-bond donors (Lipinski definition) is 2. The number of amides is 1. The fraction of sp³-hybridized carbons (Fsp3) is 0.367. The number of rotatable bonds is 9. The number of anilines is 1. The molecule has 2 aliphatic rings. The van der Waals surface area contributed by atoms with Crippen molar-refractivity contribution < 1.29 is 15.3 Å². The summed E-state index contributed by atoms with van der Waals surface area (Å²) in [5.74, 6) is 1.04. The lowest BCUT2D eigenvalue weighted by Crippen LogP contribution is -2.33. The van der Waals surface area contributed by atoms with Gasteiger partial charge in [0.15, 0.2) is 5.65 Å². The van der Waals surface area contributed by atoms with Crippen LogP contribution in [0, 0.1) is 12.7 Å². The van der Waals surface area contributed by atoms with Gasteiger partial charge in [-0.3, -0.25) is 4.79 Å². The topological polar surface area (TPSA) is 83.8 Å². The molecule has 39 heavy (non-hydrogen) atoms. The SMILES string of the molecule is Cc1cc(-c2cnn3c(NCCN4CCCCC4)cc(Oc4cccc(F)c4)nc23)ccc1C(=O)NC1CC1.[HH]. The Morgan fingerprint density at radius 3 is 2.74 bits per heavy atom. The number of fused-ring (bicyclic) bond motifs is 1. The number of piperidine rings is 1. The number of benzene rings is 2. The van der Waals surface area contributed by atoms with Crippen LogP contribution in [0.15, 0.2) is 54.7 Å². The molecule has 4 aromatic rings. The molecule has 1 amide bonds. The molecule has 0 bridgehead atoms. The quantitative estimate of drug-likeness (QED) is 0.290. The van der Waals surface area contributed by atoms with Gasteiger partial charge in [0.25, 0.3) is 5.91 Å². The number of carbonyl (C=O) groups is 1. The van der Waals surface area contributed by atoms with Gasteiger partial charge in [-0.25, -0.2) is 4.39 Å². The molecule has 1 saturated heterocycles. The van der Waals surface area contributed by atoms with E-state index in [-0.39, 0.29) is 13.2 Å². The van der Waals surface area contributed by atoms with E-state index < -0.39 is 0 Å². The van der Waals surface area contributed by atoms with E-state index in [9.17, 15) is 9.18 Å². The van der Waals surface area contributed by atoms with Crippen molar-refractivity contribution in [2.24, 2.45) is 0 Å². The molecule has 3 heterocycles.